The molecule has 0 bridgehead atoms. The Hall–Kier alpha value is -3.47. The maximum atomic E-state index is 13.2. The summed E-state index contributed by atoms with van der Waals surface area (Å²) in [5, 5.41) is 8.42. The molecule has 1 aromatic carbocycles. The van der Waals surface area contributed by atoms with Gasteiger partial charge in [0.25, 0.3) is 11.5 Å². The molecule has 1 fully saturated rings. The summed E-state index contributed by atoms with van der Waals surface area (Å²) in [5.41, 5.74) is -1.49. The second kappa shape index (κ2) is 8.95. The summed E-state index contributed by atoms with van der Waals surface area (Å²) in [6.07, 6.45) is -1.24. The Morgan fingerprint density at radius 3 is 2.41 bits per heavy atom. The van der Waals surface area contributed by atoms with Crippen LogP contribution in [0, 0.1) is 0 Å². The van der Waals surface area contributed by atoms with Crippen molar-refractivity contribution in [3.05, 3.63) is 76.3 Å². The standard InChI is InChI=1S/C21H21F3N6O2/c22-21(23,24)17-5-2-1-4-16(17)20(32)28-13-10-27(11-14-28)12-15-30-19(31)7-6-18(26-30)29-9-3-8-25-29/h1-9H,10-15H2. The number of alkyl halides is 3. The van der Waals surface area contributed by atoms with Crippen molar-refractivity contribution in [2.24, 2.45) is 0 Å². The molecule has 0 aliphatic carbocycles. The predicted octanol–water partition coefficient (Wildman–Crippen LogP) is 1.91. The first-order chi connectivity index (χ1) is 15.3. The van der Waals surface area contributed by atoms with Crippen LogP contribution in [0.5, 0.6) is 0 Å². The molecular formula is C21H21F3N6O2. The van der Waals surface area contributed by atoms with Crippen molar-refractivity contribution in [2.45, 2.75) is 12.7 Å². The zero-order chi connectivity index (χ0) is 22.7. The van der Waals surface area contributed by atoms with Crippen LogP contribution < -0.4 is 5.56 Å². The fourth-order valence-corrected chi connectivity index (χ4v) is 3.62. The topological polar surface area (TPSA) is 76.3 Å². The lowest BCUT2D eigenvalue weighted by atomic mass is 10.1. The summed E-state index contributed by atoms with van der Waals surface area (Å²) in [7, 11) is 0. The number of halogens is 3. The summed E-state index contributed by atoms with van der Waals surface area (Å²) >= 11 is 0. The Kier molecular flexibility index (Phi) is 6.08. The molecule has 8 nitrogen and oxygen atoms in total. The highest BCUT2D eigenvalue weighted by Crippen LogP contribution is 2.32. The Labute approximate surface area is 181 Å². The van der Waals surface area contributed by atoms with Crippen molar-refractivity contribution >= 4 is 5.91 Å². The maximum absolute atomic E-state index is 13.2. The third kappa shape index (κ3) is 4.72. The number of hydrogen-bond acceptors (Lipinski definition) is 5. The van der Waals surface area contributed by atoms with Gasteiger partial charge in [0, 0.05) is 51.2 Å². The molecule has 32 heavy (non-hydrogen) atoms. The van der Waals surface area contributed by atoms with Gasteiger partial charge in [0.1, 0.15) is 0 Å². The van der Waals surface area contributed by atoms with Gasteiger partial charge in [-0.25, -0.2) is 9.36 Å². The number of carbonyl (C=O) groups is 1. The number of hydrogen-bond donors (Lipinski definition) is 0. The smallest absolute Gasteiger partial charge is 0.336 e. The van der Waals surface area contributed by atoms with E-state index in [1.807, 2.05) is 4.90 Å². The fourth-order valence-electron chi connectivity index (χ4n) is 3.62. The van der Waals surface area contributed by atoms with Gasteiger partial charge in [-0.1, -0.05) is 12.1 Å². The molecule has 1 amide bonds. The van der Waals surface area contributed by atoms with E-state index in [9.17, 15) is 22.8 Å². The minimum absolute atomic E-state index is 0.238. The van der Waals surface area contributed by atoms with E-state index in [0.717, 1.165) is 6.07 Å². The molecule has 168 valence electrons. The average Bonchev–Trinajstić information content (AvgIpc) is 3.33. The van der Waals surface area contributed by atoms with Gasteiger partial charge < -0.3 is 4.90 Å². The fraction of sp³-hybridized carbons (Fsp3) is 0.333. The van der Waals surface area contributed by atoms with Gasteiger partial charge in [0.2, 0.25) is 0 Å². The molecule has 0 radical (unpaired) electrons. The van der Waals surface area contributed by atoms with E-state index >= 15 is 0 Å². The quantitative estimate of drug-likeness (QED) is 0.599. The van der Waals surface area contributed by atoms with Crippen LogP contribution in [0.4, 0.5) is 13.2 Å². The van der Waals surface area contributed by atoms with Crippen molar-refractivity contribution in [2.75, 3.05) is 32.7 Å². The molecule has 3 heterocycles. The molecule has 0 unspecified atom stereocenters. The van der Waals surface area contributed by atoms with Gasteiger partial charge in [0.15, 0.2) is 5.82 Å². The van der Waals surface area contributed by atoms with Gasteiger partial charge in [-0.2, -0.15) is 18.3 Å². The van der Waals surface area contributed by atoms with Crippen LogP contribution in [-0.4, -0.2) is 68.0 Å². The minimum atomic E-state index is -4.58. The highest BCUT2D eigenvalue weighted by Gasteiger charge is 2.36. The molecule has 4 rings (SSSR count). The zero-order valence-corrected chi connectivity index (χ0v) is 17.1. The molecule has 2 aromatic heterocycles. The van der Waals surface area contributed by atoms with E-state index in [4.69, 9.17) is 0 Å². The van der Waals surface area contributed by atoms with E-state index in [-0.39, 0.29) is 11.1 Å². The van der Waals surface area contributed by atoms with Crippen LogP contribution in [0.1, 0.15) is 15.9 Å². The van der Waals surface area contributed by atoms with Gasteiger partial charge in [-0.15, -0.1) is 5.10 Å². The number of rotatable bonds is 5. The third-order valence-electron chi connectivity index (χ3n) is 5.34. The zero-order valence-electron chi connectivity index (χ0n) is 17.1. The van der Waals surface area contributed by atoms with Crippen molar-refractivity contribution < 1.29 is 18.0 Å². The summed E-state index contributed by atoms with van der Waals surface area (Å²) in [6, 6.07) is 9.61. The number of nitrogens with zero attached hydrogens (tertiary/aromatic N) is 6. The Balaban J connectivity index is 1.36. The van der Waals surface area contributed by atoms with Crippen molar-refractivity contribution in [3.63, 3.8) is 0 Å². The van der Waals surface area contributed by atoms with Crippen molar-refractivity contribution in [3.8, 4) is 5.82 Å². The summed E-state index contributed by atoms with van der Waals surface area (Å²) in [5.74, 6) is -0.101. The molecule has 0 atom stereocenters. The summed E-state index contributed by atoms with van der Waals surface area (Å²) in [6.45, 7) is 2.47. The lowest BCUT2D eigenvalue weighted by Gasteiger charge is -2.35. The third-order valence-corrected chi connectivity index (χ3v) is 5.34. The van der Waals surface area contributed by atoms with Crippen LogP contribution in [0.2, 0.25) is 0 Å². The van der Waals surface area contributed by atoms with Crippen molar-refractivity contribution in [1.82, 2.24) is 29.4 Å². The molecular weight excluding hydrogens is 425 g/mol. The van der Waals surface area contributed by atoms with Crippen LogP contribution in [0.25, 0.3) is 5.82 Å². The monoisotopic (exact) mass is 446 g/mol. The Bertz CT molecular complexity index is 1130. The van der Waals surface area contributed by atoms with E-state index in [2.05, 4.69) is 10.2 Å². The molecule has 11 heteroatoms. The first kappa shape index (κ1) is 21.8. The molecule has 0 N–H and O–H groups in total. The van der Waals surface area contributed by atoms with Crippen LogP contribution in [0.15, 0.2) is 59.7 Å². The van der Waals surface area contributed by atoms with E-state index in [1.54, 1.807) is 29.2 Å². The van der Waals surface area contributed by atoms with Crippen LogP contribution in [-0.2, 0) is 12.7 Å². The van der Waals surface area contributed by atoms with Crippen LogP contribution >= 0.6 is 0 Å². The molecule has 1 aliphatic rings. The normalized spacial score (nSPS) is 15.2. The Morgan fingerprint density at radius 1 is 0.969 bits per heavy atom. The first-order valence-electron chi connectivity index (χ1n) is 10.1. The second-order valence-corrected chi connectivity index (χ2v) is 7.38. The number of aromatic nitrogens is 4. The maximum Gasteiger partial charge on any atom is 0.417 e. The largest absolute Gasteiger partial charge is 0.417 e. The van der Waals surface area contributed by atoms with Crippen molar-refractivity contribution in [1.29, 1.82) is 0 Å². The lowest BCUT2D eigenvalue weighted by molar-refractivity contribution is -0.138. The molecule has 0 saturated carbocycles. The van der Waals surface area contributed by atoms with E-state index in [0.29, 0.717) is 45.1 Å². The number of amides is 1. The van der Waals surface area contributed by atoms with Gasteiger partial charge in [-0.05, 0) is 24.3 Å². The van der Waals surface area contributed by atoms with Gasteiger partial charge >= 0.3 is 6.18 Å². The molecule has 3 aromatic rings. The molecule has 0 spiro atoms. The lowest BCUT2D eigenvalue weighted by Crippen LogP contribution is -2.49. The minimum Gasteiger partial charge on any atom is -0.336 e. The summed E-state index contributed by atoms with van der Waals surface area (Å²) in [4.78, 5) is 28.3. The average molecular weight is 446 g/mol. The predicted molar refractivity (Wildman–Crippen MR) is 109 cm³/mol. The summed E-state index contributed by atoms with van der Waals surface area (Å²) < 4.78 is 42.6. The van der Waals surface area contributed by atoms with E-state index < -0.39 is 17.6 Å². The highest BCUT2D eigenvalue weighted by atomic mass is 19.4. The Morgan fingerprint density at radius 2 is 1.72 bits per heavy atom. The molecule has 1 aliphatic heterocycles. The second-order valence-electron chi connectivity index (χ2n) is 7.38. The van der Waals surface area contributed by atoms with Gasteiger partial charge in [-0.3, -0.25) is 14.5 Å². The SMILES string of the molecule is O=C(c1ccccc1C(F)(F)F)N1CCN(CCn2nc(-n3cccn3)ccc2=O)CC1. The number of carbonyl (C=O) groups excluding carboxylic acids is 1. The molecule has 1 saturated heterocycles. The highest BCUT2D eigenvalue weighted by molar-refractivity contribution is 5.96. The van der Waals surface area contributed by atoms with Gasteiger partial charge in [0.05, 0.1) is 17.7 Å². The number of benzene rings is 1. The first-order valence-corrected chi connectivity index (χ1v) is 10.1. The van der Waals surface area contributed by atoms with Crippen LogP contribution in [0.3, 0.4) is 0 Å². The van der Waals surface area contributed by atoms with E-state index in [1.165, 1.54) is 33.8 Å². The number of piperazine rings is 1.